The molecule has 3 N–H and O–H groups in total. The van der Waals surface area contributed by atoms with Crippen molar-refractivity contribution in [1.82, 2.24) is 24.6 Å². The molecule has 0 saturated carbocycles. The predicted molar refractivity (Wildman–Crippen MR) is 150 cm³/mol. The zero-order valence-corrected chi connectivity index (χ0v) is 23.0. The van der Waals surface area contributed by atoms with Crippen molar-refractivity contribution in [2.75, 3.05) is 25.5 Å². The van der Waals surface area contributed by atoms with Crippen LogP contribution in [0.15, 0.2) is 65.7 Å². The van der Waals surface area contributed by atoms with Gasteiger partial charge in [-0.25, -0.2) is 22.6 Å². The molecule has 9 nitrogen and oxygen atoms in total. The summed E-state index contributed by atoms with van der Waals surface area (Å²) in [5, 5.41) is 11.4. The van der Waals surface area contributed by atoms with E-state index < -0.39 is 15.6 Å². The summed E-state index contributed by atoms with van der Waals surface area (Å²) in [6.45, 7) is 7.51. The number of anilines is 2. The lowest BCUT2D eigenvalue weighted by atomic mass is 9.90. The van der Waals surface area contributed by atoms with Crippen molar-refractivity contribution >= 4 is 27.2 Å². The van der Waals surface area contributed by atoms with Gasteiger partial charge in [-0.05, 0) is 94.6 Å². The number of nitrogens with one attached hydrogen (secondary N) is 3. The number of sulfonamides is 1. The van der Waals surface area contributed by atoms with Gasteiger partial charge >= 0.3 is 0 Å². The molecular weight excluding hydrogens is 500 g/mol. The maximum absolute atomic E-state index is 12.9. The van der Waals surface area contributed by atoms with Crippen LogP contribution >= 0.6 is 0 Å². The lowest BCUT2D eigenvalue weighted by Crippen LogP contribution is -2.40. The molecule has 0 spiro atoms. The van der Waals surface area contributed by atoms with Crippen LogP contribution in [0.4, 0.5) is 11.6 Å². The Balaban J connectivity index is 1.44. The Morgan fingerprint density at radius 2 is 1.84 bits per heavy atom. The van der Waals surface area contributed by atoms with Gasteiger partial charge in [-0.3, -0.25) is 0 Å². The van der Waals surface area contributed by atoms with Gasteiger partial charge in [0, 0.05) is 11.1 Å². The number of fused-ring (bicyclic) bond motifs is 1. The summed E-state index contributed by atoms with van der Waals surface area (Å²) in [6, 6.07) is 16.9. The normalized spacial score (nSPS) is 15.1. The van der Waals surface area contributed by atoms with E-state index in [1.165, 1.54) is 5.56 Å². The molecule has 3 heterocycles. The Hall–Kier alpha value is -3.47. The van der Waals surface area contributed by atoms with Crippen LogP contribution in [0.25, 0.3) is 16.8 Å². The zero-order chi connectivity index (χ0) is 26.9. The molecule has 0 bridgehead atoms. The van der Waals surface area contributed by atoms with E-state index in [2.05, 4.69) is 32.5 Å². The second-order valence-electron chi connectivity index (χ2n) is 10.6. The van der Waals surface area contributed by atoms with Gasteiger partial charge in [0.2, 0.25) is 16.0 Å². The number of piperidine rings is 1. The Bertz CT molecular complexity index is 1550. The van der Waals surface area contributed by atoms with E-state index in [-0.39, 0.29) is 4.90 Å². The van der Waals surface area contributed by atoms with Crippen LogP contribution in [0.2, 0.25) is 0 Å². The highest BCUT2D eigenvalue weighted by atomic mass is 32.2. The van der Waals surface area contributed by atoms with E-state index in [0.29, 0.717) is 11.9 Å². The van der Waals surface area contributed by atoms with Crippen LogP contribution in [-0.4, -0.2) is 48.8 Å². The number of nitrogens with zero attached hydrogens (tertiary/aromatic N) is 3. The predicted octanol–water partition coefficient (Wildman–Crippen LogP) is 4.69. The highest BCUT2D eigenvalue weighted by Gasteiger charge is 2.23. The Morgan fingerprint density at radius 1 is 1.05 bits per heavy atom. The standard InChI is InChI=1S/C28H34N6O3S/c1-28(2,3)33-38(35,36)23-7-5-6-21(16-23)25-11-9-22-18-30-27(32-34(22)25)31-24-10-8-20(17-26(24)37-4)19-12-14-29-15-13-19/h5-11,16-19,29,33H,12-15H2,1-4H3,(H,31,32). The number of hydrogen-bond donors (Lipinski definition) is 3. The minimum Gasteiger partial charge on any atom is -0.495 e. The van der Waals surface area contributed by atoms with Crippen molar-refractivity contribution in [1.29, 1.82) is 0 Å². The third-order valence-corrected chi connectivity index (χ3v) is 8.32. The van der Waals surface area contributed by atoms with Crippen LogP contribution < -0.4 is 20.1 Å². The minimum atomic E-state index is -3.68. The number of rotatable bonds is 7. The highest BCUT2D eigenvalue weighted by molar-refractivity contribution is 7.89. The van der Waals surface area contributed by atoms with Gasteiger partial charge in [0.1, 0.15) is 5.75 Å². The fraction of sp³-hybridized carbons (Fsp3) is 0.357. The summed E-state index contributed by atoms with van der Waals surface area (Å²) in [6.07, 6.45) is 3.96. The first-order valence-corrected chi connectivity index (χ1v) is 14.3. The summed E-state index contributed by atoms with van der Waals surface area (Å²) in [7, 11) is -2.01. The molecule has 0 amide bonds. The van der Waals surface area contributed by atoms with E-state index in [0.717, 1.165) is 54.1 Å². The quantitative estimate of drug-likeness (QED) is 0.315. The van der Waals surface area contributed by atoms with Crippen molar-refractivity contribution in [3.05, 3.63) is 66.4 Å². The lowest BCUT2D eigenvalue weighted by molar-refractivity contribution is 0.413. The Labute approximate surface area is 223 Å². The van der Waals surface area contributed by atoms with E-state index in [1.807, 2.05) is 45.0 Å². The summed E-state index contributed by atoms with van der Waals surface area (Å²) in [5.41, 5.74) is 3.74. The molecule has 5 rings (SSSR count). The number of aromatic nitrogens is 3. The van der Waals surface area contributed by atoms with Crippen molar-refractivity contribution in [2.45, 2.75) is 50.0 Å². The fourth-order valence-electron chi connectivity index (χ4n) is 4.80. The van der Waals surface area contributed by atoms with Gasteiger partial charge in [0.15, 0.2) is 0 Å². The number of benzene rings is 2. The van der Waals surface area contributed by atoms with Gasteiger partial charge in [0.25, 0.3) is 0 Å². The number of methoxy groups -OCH3 is 1. The zero-order valence-electron chi connectivity index (χ0n) is 22.2. The molecule has 0 aliphatic carbocycles. The van der Waals surface area contributed by atoms with E-state index >= 15 is 0 Å². The van der Waals surface area contributed by atoms with Crippen LogP contribution in [-0.2, 0) is 10.0 Å². The van der Waals surface area contributed by atoms with E-state index in [1.54, 1.807) is 36.0 Å². The third-order valence-electron chi connectivity index (χ3n) is 6.56. The number of ether oxygens (including phenoxy) is 1. The van der Waals surface area contributed by atoms with Gasteiger partial charge in [-0.1, -0.05) is 18.2 Å². The van der Waals surface area contributed by atoms with Crippen LogP contribution in [0.1, 0.15) is 45.1 Å². The van der Waals surface area contributed by atoms with Crippen molar-refractivity contribution < 1.29 is 13.2 Å². The molecule has 1 saturated heterocycles. The highest BCUT2D eigenvalue weighted by Crippen LogP contribution is 2.34. The molecule has 2 aromatic heterocycles. The average molecular weight is 535 g/mol. The Kier molecular flexibility index (Phi) is 7.13. The molecule has 0 unspecified atom stereocenters. The van der Waals surface area contributed by atoms with Gasteiger partial charge < -0.3 is 15.4 Å². The summed E-state index contributed by atoms with van der Waals surface area (Å²) >= 11 is 0. The largest absolute Gasteiger partial charge is 0.495 e. The second kappa shape index (κ2) is 10.4. The van der Waals surface area contributed by atoms with Gasteiger partial charge in [0.05, 0.1) is 35.1 Å². The van der Waals surface area contributed by atoms with E-state index in [4.69, 9.17) is 9.84 Å². The SMILES string of the molecule is COc1cc(C2CCNCC2)ccc1Nc1ncc2ccc(-c3cccc(S(=O)(=O)NC(C)(C)C)c3)n2n1. The smallest absolute Gasteiger partial charge is 0.245 e. The topological polar surface area (TPSA) is 110 Å². The molecular formula is C28H34N6O3S. The van der Waals surface area contributed by atoms with Crippen molar-refractivity contribution in [3.8, 4) is 17.0 Å². The molecule has 200 valence electrons. The third kappa shape index (κ3) is 5.67. The molecule has 0 atom stereocenters. The second-order valence-corrected chi connectivity index (χ2v) is 12.3. The first-order valence-electron chi connectivity index (χ1n) is 12.8. The molecule has 4 aromatic rings. The molecule has 38 heavy (non-hydrogen) atoms. The molecule has 1 fully saturated rings. The maximum atomic E-state index is 12.9. The molecule has 10 heteroatoms. The fourth-order valence-corrected chi connectivity index (χ4v) is 6.27. The lowest BCUT2D eigenvalue weighted by Gasteiger charge is -2.24. The Morgan fingerprint density at radius 3 is 2.58 bits per heavy atom. The van der Waals surface area contributed by atoms with Crippen LogP contribution in [0.3, 0.4) is 0 Å². The molecule has 0 radical (unpaired) electrons. The van der Waals surface area contributed by atoms with Crippen LogP contribution in [0, 0.1) is 0 Å². The van der Waals surface area contributed by atoms with Crippen molar-refractivity contribution in [3.63, 3.8) is 0 Å². The summed E-state index contributed by atoms with van der Waals surface area (Å²) in [5.74, 6) is 1.66. The maximum Gasteiger partial charge on any atom is 0.245 e. The monoisotopic (exact) mass is 534 g/mol. The van der Waals surface area contributed by atoms with Gasteiger partial charge in [-0.2, -0.15) is 0 Å². The van der Waals surface area contributed by atoms with E-state index in [9.17, 15) is 8.42 Å². The average Bonchev–Trinajstić information content (AvgIpc) is 3.31. The van der Waals surface area contributed by atoms with Crippen LogP contribution in [0.5, 0.6) is 5.75 Å². The molecule has 1 aliphatic rings. The molecule has 2 aromatic carbocycles. The summed E-state index contributed by atoms with van der Waals surface area (Å²) in [4.78, 5) is 4.68. The molecule has 1 aliphatic heterocycles. The van der Waals surface area contributed by atoms with Crippen molar-refractivity contribution in [2.24, 2.45) is 0 Å². The minimum absolute atomic E-state index is 0.200. The first kappa shape index (κ1) is 26.1. The summed E-state index contributed by atoms with van der Waals surface area (Å²) < 4.78 is 36.0. The first-order chi connectivity index (χ1) is 18.1. The number of hydrogen-bond acceptors (Lipinski definition) is 7. The van der Waals surface area contributed by atoms with Gasteiger partial charge in [-0.15, -0.1) is 5.10 Å².